The number of sulfonamides is 1. The molecule has 2 atom stereocenters. The summed E-state index contributed by atoms with van der Waals surface area (Å²) in [7, 11) is -4.00. The molecule has 3 aromatic rings. The van der Waals surface area contributed by atoms with Gasteiger partial charge in [0, 0.05) is 27.2 Å². The quantitative estimate of drug-likeness (QED) is 0.275. The maximum absolute atomic E-state index is 13.2. The molecular weight excluding hydrogens is 654 g/mol. The van der Waals surface area contributed by atoms with E-state index < -0.39 is 39.2 Å². The molecule has 39 heavy (non-hydrogen) atoms. The summed E-state index contributed by atoms with van der Waals surface area (Å²) >= 11 is 6.57. The van der Waals surface area contributed by atoms with E-state index in [1.165, 1.54) is 11.0 Å². The smallest absolute Gasteiger partial charge is 0.411 e. The molecule has 0 spiro atoms. The third-order valence-corrected chi connectivity index (χ3v) is 10.1. The SMILES string of the molecule is CC(C)(C)[C@@]1(COC(=O)Nc2ccc3ccccc3c2)C[C@@H](NS(=O)(=O)c2cc(Br)ccc2Br)CN1C(=O)O. The van der Waals surface area contributed by atoms with Crippen molar-refractivity contribution in [2.75, 3.05) is 18.5 Å². The topological polar surface area (TPSA) is 125 Å². The number of nitrogens with one attached hydrogen (secondary N) is 2. The van der Waals surface area contributed by atoms with Crippen LogP contribution >= 0.6 is 31.9 Å². The van der Waals surface area contributed by atoms with Crippen molar-refractivity contribution in [3.05, 3.63) is 69.6 Å². The van der Waals surface area contributed by atoms with Crippen molar-refractivity contribution in [1.82, 2.24) is 9.62 Å². The second-order valence-corrected chi connectivity index (χ2v) is 14.0. The van der Waals surface area contributed by atoms with E-state index in [1.54, 1.807) is 18.2 Å². The summed E-state index contributed by atoms with van der Waals surface area (Å²) in [4.78, 5) is 26.4. The zero-order valence-electron chi connectivity index (χ0n) is 21.6. The number of anilines is 1. The molecule has 1 aliphatic rings. The molecule has 3 aromatic carbocycles. The molecule has 0 aliphatic carbocycles. The molecule has 0 aromatic heterocycles. The van der Waals surface area contributed by atoms with Gasteiger partial charge in [-0.2, -0.15) is 0 Å². The third kappa shape index (κ3) is 6.24. The van der Waals surface area contributed by atoms with E-state index in [-0.39, 0.29) is 24.5 Å². The first-order valence-corrected chi connectivity index (χ1v) is 15.2. The van der Waals surface area contributed by atoms with Gasteiger partial charge in [-0.1, -0.05) is 67.0 Å². The number of halogens is 2. The minimum absolute atomic E-state index is 0.0259. The Morgan fingerprint density at radius 1 is 1.08 bits per heavy atom. The van der Waals surface area contributed by atoms with Crippen molar-refractivity contribution in [2.45, 2.75) is 43.7 Å². The van der Waals surface area contributed by atoms with E-state index >= 15 is 0 Å². The van der Waals surface area contributed by atoms with Crippen molar-refractivity contribution in [3.63, 3.8) is 0 Å². The molecule has 1 heterocycles. The molecule has 208 valence electrons. The first-order valence-electron chi connectivity index (χ1n) is 12.1. The highest BCUT2D eigenvalue weighted by molar-refractivity contribution is 9.11. The first kappa shape index (κ1) is 29.3. The highest BCUT2D eigenvalue weighted by atomic mass is 79.9. The van der Waals surface area contributed by atoms with Crippen molar-refractivity contribution >= 4 is 70.5 Å². The van der Waals surface area contributed by atoms with Gasteiger partial charge < -0.3 is 9.84 Å². The Bertz CT molecular complexity index is 1530. The fourth-order valence-corrected chi connectivity index (χ4v) is 7.68. The van der Waals surface area contributed by atoms with Crippen LogP contribution in [0.1, 0.15) is 27.2 Å². The van der Waals surface area contributed by atoms with E-state index in [0.29, 0.717) is 14.6 Å². The molecule has 0 radical (unpaired) electrons. The van der Waals surface area contributed by atoms with Crippen molar-refractivity contribution in [1.29, 1.82) is 0 Å². The molecule has 3 N–H and O–H groups in total. The predicted molar refractivity (Wildman–Crippen MR) is 156 cm³/mol. The molecule has 0 saturated carbocycles. The largest absolute Gasteiger partial charge is 0.465 e. The number of amides is 2. The van der Waals surface area contributed by atoms with Gasteiger partial charge in [0.2, 0.25) is 10.0 Å². The van der Waals surface area contributed by atoms with Gasteiger partial charge >= 0.3 is 12.2 Å². The first-order chi connectivity index (χ1) is 18.2. The normalized spacial score (nSPS) is 19.7. The Labute approximate surface area is 244 Å². The Morgan fingerprint density at radius 2 is 1.77 bits per heavy atom. The van der Waals surface area contributed by atoms with Gasteiger partial charge in [-0.3, -0.25) is 10.2 Å². The summed E-state index contributed by atoms with van der Waals surface area (Å²) in [5, 5.41) is 14.8. The average Bonchev–Trinajstić information content (AvgIpc) is 3.23. The zero-order chi connectivity index (χ0) is 28.6. The van der Waals surface area contributed by atoms with Gasteiger partial charge in [-0.25, -0.2) is 22.7 Å². The van der Waals surface area contributed by atoms with Crippen LogP contribution < -0.4 is 10.0 Å². The Morgan fingerprint density at radius 3 is 2.44 bits per heavy atom. The highest BCUT2D eigenvalue weighted by Gasteiger charge is 2.56. The summed E-state index contributed by atoms with van der Waals surface area (Å²) in [5.41, 5.74) is -1.36. The molecule has 0 unspecified atom stereocenters. The van der Waals surface area contributed by atoms with Crippen LogP contribution in [-0.2, 0) is 14.8 Å². The number of fused-ring (bicyclic) bond motifs is 1. The van der Waals surface area contributed by atoms with E-state index in [0.717, 1.165) is 10.8 Å². The van der Waals surface area contributed by atoms with Crippen LogP contribution in [0.4, 0.5) is 15.3 Å². The van der Waals surface area contributed by atoms with Gasteiger partial charge in [0.15, 0.2) is 0 Å². The fourth-order valence-electron chi connectivity index (χ4n) is 4.95. The molecule has 12 heteroatoms. The summed E-state index contributed by atoms with van der Waals surface area (Å²) in [6.45, 7) is 5.16. The van der Waals surface area contributed by atoms with Crippen molar-refractivity contribution < 1.29 is 27.9 Å². The number of benzene rings is 3. The predicted octanol–water partition coefficient (Wildman–Crippen LogP) is 6.43. The number of hydrogen-bond donors (Lipinski definition) is 3. The summed E-state index contributed by atoms with van der Waals surface area (Å²) < 4.78 is 35.7. The van der Waals surface area contributed by atoms with Gasteiger partial charge in [0.1, 0.15) is 6.61 Å². The van der Waals surface area contributed by atoms with E-state index in [4.69, 9.17) is 4.74 Å². The number of carbonyl (C=O) groups excluding carboxylic acids is 1. The molecule has 1 aliphatic heterocycles. The molecule has 2 amide bonds. The molecule has 0 bridgehead atoms. The summed E-state index contributed by atoms with van der Waals surface area (Å²) in [6, 6.07) is 17.2. The number of likely N-dealkylation sites (tertiary alicyclic amines) is 1. The second kappa shape index (κ2) is 11.1. The maximum atomic E-state index is 13.2. The standard InChI is InChI=1S/C27H29Br2N3O6S/c1-26(2,3)27(16-38-24(33)30-20-10-8-17-6-4-5-7-18(17)12-20)14-21(15-32(27)25(34)35)31-39(36,37)23-13-19(28)9-11-22(23)29/h4-13,21,31H,14-16H2,1-3H3,(H,30,33)(H,34,35)/t21-,27+/m1/s1. The molecule has 4 rings (SSSR count). The van der Waals surface area contributed by atoms with Crippen LogP contribution in [0, 0.1) is 5.41 Å². The number of carboxylic acid groups (broad SMARTS) is 1. The number of ether oxygens (including phenoxy) is 1. The summed E-state index contributed by atoms with van der Waals surface area (Å²) in [6.07, 6.45) is -1.85. The van der Waals surface area contributed by atoms with Crippen LogP contribution in [0.15, 0.2) is 74.5 Å². The van der Waals surface area contributed by atoms with E-state index in [1.807, 2.05) is 57.2 Å². The third-order valence-electron chi connectivity index (χ3n) is 7.07. The van der Waals surface area contributed by atoms with E-state index in [2.05, 4.69) is 41.9 Å². The number of hydrogen-bond acceptors (Lipinski definition) is 5. The molecular formula is C27H29Br2N3O6S. The van der Waals surface area contributed by atoms with E-state index in [9.17, 15) is 23.1 Å². The lowest BCUT2D eigenvalue weighted by Crippen LogP contribution is -2.58. The van der Waals surface area contributed by atoms with Crippen molar-refractivity contribution in [3.8, 4) is 0 Å². The van der Waals surface area contributed by atoms with Crippen LogP contribution in [0.3, 0.4) is 0 Å². The highest BCUT2D eigenvalue weighted by Crippen LogP contribution is 2.44. The van der Waals surface area contributed by atoms with Gasteiger partial charge in [0.25, 0.3) is 0 Å². The lowest BCUT2D eigenvalue weighted by atomic mass is 9.72. The molecule has 1 fully saturated rings. The van der Waals surface area contributed by atoms with Gasteiger partial charge in [0.05, 0.1) is 10.4 Å². The summed E-state index contributed by atoms with van der Waals surface area (Å²) in [5.74, 6) is 0. The lowest BCUT2D eigenvalue weighted by Gasteiger charge is -2.46. The Hall–Kier alpha value is -2.67. The lowest BCUT2D eigenvalue weighted by molar-refractivity contribution is -0.0154. The Balaban J connectivity index is 1.54. The van der Waals surface area contributed by atoms with Crippen molar-refractivity contribution in [2.24, 2.45) is 5.41 Å². The average molecular weight is 683 g/mol. The minimum Gasteiger partial charge on any atom is -0.465 e. The van der Waals surface area contributed by atoms with Crippen LogP contribution in [0.2, 0.25) is 0 Å². The molecule has 9 nitrogen and oxygen atoms in total. The van der Waals surface area contributed by atoms with Crippen LogP contribution in [-0.4, -0.2) is 55.3 Å². The maximum Gasteiger partial charge on any atom is 0.411 e. The number of carbonyl (C=O) groups is 2. The monoisotopic (exact) mass is 681 g/mol. The fraction of sp³-hybridized carbons (Fsp3) is 0.333. The Kier molecular flexibility index (Phi) is 8.32. The van der Waals surface area contributed by atoms with Crippen LogP contribution in [0.25, 0.3) is 10.8 Å². The number of nitrogens with zero attached hydrogens (tertiary/aromatic N) is 1. The zero-order valence-corrected chi connectivity index (χ0v) is 25.6. The van der Waals surface area contributed by atoms with Crippen LogP contribution in [0.5, 0.6) is 0 Å². The number of rotatable bonds is 6. The minimum atomic E-state index is -4.00. The van der Waals surface area contributed by atoms with Gasteiger partial charge in [-0.05, 0) is 68.9 Å². The van der Waals surface area contributed by atoms with Gasteiger partial charge in [-0.15, -0.1) is 0 Å². The molecule has 1 saturated heterocycles. The second-order valence-electron chi connectivity index (χ2n) is 10.5.